The molecule has 4 nitrogen and oxygen atoms in total. The monoisotopic (exact) mass is 172 g/mol. The minimum Gasteiger partial charge on any atom is -0.342 e. The predicted molar refractivity (Wildman–Crippen MR) is 45.1 cm³/mol. The maximum Gasteiger partial charge on any atom is 0.222 e. The van der Waals surface area contributed by atoms with Gasteiger partial charge in [0.15, 0.2) is 0 Å². The van der Waals surface area contributed by atoms with Crippen LogP contribution in [0.15, 0.2) is 0 Å². The molecule has 0 saturated carbocycles. The summed E-state index contributed by atoms with van der Waals surface area (Å²) in [7, 11) is 0. The van der Waals surface area contributed by atoms with Gasteiger partial charge in [-0.15, -0.1) is 0 Å². The van der Waals surface area contributed by atoms with Crippen LogP contribution in [0.25, 0.3) is 0 Å². The van der Waals surface area contributed by atoms with Crippen LogP contribution >= 0.6 is 0 Å². The van der Waals surface area contributed by atoms with Crippen molar-refractivity contribution in [2.75, 3.05) is 19.7 Å². The van der Waals surface area contributed by atoms with E-state index in [1.165, 1.54) is 0 Å². The Morgan fingerprint density at radius 1 is 1.75 bits per heavy atom. The highest BCUT2D eigenvalue weighted by Gasteiger charge is 2.24. The molecule has 70 valence electrons. The number of rotatable bonds is 3. The molecule has 1 heterocycles. The molecule has 4 heteroatoms. The van der Waals surface area contributed by atoms with Crippen molar-refractivity contribution in [3.63, 3.8) is 0 Å². The van der Waals surface area contributed by atoms with Gasteiger partial charge in [0.2, 0.25) is 5.91 Å². The van der Waals surface area contributed by atoms with Crippen molar-refractivity contribution in [3.05, 3.63) is 0 Å². The highest BCUT2D eigenvalue weighted by Crippen LogP contribution is 2.16. The van der Waals surface area contributed by atoms with E-state index in [2.05, 4.69) is 4.84 Å². The van der Waals surface area contributed by atoms with Crippen molar-refractivity contribution in [1.29, 1.82) is 0 Å². The maximum absolute atomic E-state index is 11.2. The smallest absolute Gasteiger partial charge is 0.222 e. The maximum atomic E-state index is 11.2. The molecule has 1 rings (SSSR count). The van der Waals surface area contributed by atoms with Crippen molar-refractivity contribution < 1.29 is 9.63 Å². The van der Waals surface area contributed by atoms with Crippen LogP contribution in [0.4, 0.5) is 0 Å². The van der Waals surface area contributed by atoms with Crippen molar-refractivity contribution in [2.24, 2.45) is 11.8 Å². The van der Waals surface area contributed by atoms with Crippen LogP contribution in [-0.4, -0.2) is 30.5 Å². The molecule has 0 aliphatic carbocycles. The summed E-state index contributed by atoms with van der Waals surface area (Å²) < 4.78 is 0. The van der Waals surface area contributed by atoms with Gasteiger partial charge in [-0.3, -0.25) is 4.79 Å². The normalized spacial score (nSPS) is 23.2. The highest BCUT2D eigenvalue weighted by molar-refractivity contribution is 5.76. The van der Waals surface area contributed by atoms with Crippen LogP contribution in [0, 0.1) is 5.92 Å². The molecule has 12 heavy (non-hydrogen) atoms. The molecular formula is C8H16N2O2. The number of hydrogen-bond donors (Lipinski definition) is 1. The Labute approximate surface area is 72.6 Å². The van der Waals surface area contributed by atoms with Gasteiger partial charge in [0.05, 0.1) is 6.61 Å². The molecule has 0 bridgehead atoms. The van der Waals surface area contributed by atoms with E-state index in [4.69, 9.17) is 5.90 Å². The summed E-state index contributed by atoms with van der Waals surface area (Å²) in [6.07, 6.45) is 1.61. The molecule has 0 aromatic carbocycles. The summed E-state index contributed by atoms with van der Waals surface area (Å²) in [4.78, 5) is 17.6. The zero-order valence-corrected chi connectivity index (χ0v) is 7.45. The molecule has 0 spiro atoms. The summed E-state index contributed by atoms with van der Waals surface area (Å²) in [5.74, 6) is 5.63. The number of carbonyl (C=O) groups excluding carboxylic acids is 1. The van der Waals surface area contributed by atoms with Crippen molar-refractivity contribution in [1.82, 2.24) is 4.90 Å². The van der Waals surface area contributed by atoms with Gasteiger partial charge >= 0.3 is 0 Å². The molecule has 1 unspecified atom stereocenters. The van der Waals surface area contributed by atoms with Gasteiger partial charge in [0.1, 0.15) is 0 Å². The van der Waals surface area contributed by atoms with Gasteiger partial charge in [-0.05, 0) is 6.42 Å². The van der Waals surface area contributed by atoms with E-state index >= 15 is 0 Å². The Bertz CT molecular complexity index is 161. The van der Waals surface area contributed by atoms with E-state index in [-0.39, 0.29) is 5.91 Å². The van der Waals surface area contributed by atoms with E-state index in [9.17, 15) is 4.79 Å². The van der Waals surface area contributed by atoms with Crippen molar-refractivity contribution in [3.8, 4) is 0 Å². The highest BCUT2D eigenvalue weighted by atomic mass is 16.6. The van der Waals surface area contributed by atoms with E-state index in [0.717, 1.165) is 19.5 Å². The molecule has 1 fully saturated rings. The minimum absolute atomic E-state index is 0.231. The van der Waals surface area contributed by atoms with Gasteiger partial charge in [-0.1, -0.05) is 6.92 Å². The fraction of sp³-hybridized carbons (Fsp3) is 0.875. The number of hydrogen-bond acceptors (Lipinski definition) is 3. The molecule has 0 aromatic heterocycles. The third-order valence-corrected chi connectivity index (χ3v) is 2.27. The van der Waals surface area contributed by atoms with E-state index in [1.807, 2.05) is 11.8 Å². The predicted octanol–water partition coefficient (Wildman–Crippen LogP) is 0.135. The van der Waals surface area contributed by atoms with Gasteiger partial charge in [-0.2, -0.15) is 0 Å². The summed E-state index contributed by atoms with van der Waals surface area (Å²) in [6, 6.07) is 0. The summed E-state index contributed by atoms with van der Waals surface area (Å²) in [5, 5.41) is 0. The molecule has 1 saturated heterocycles. The standard InChI is InChI=1S/C8H16N2O2/c1-2-8(11)10-4-3-7(5-10)6-12-9/h7H,2-6,9H2,1H3. The zero-order chi connectivity index (χ0) is 8.97. The number of amides is 1. The van der Waals surface area contributed by atoms with Crippen LogP contribution in [0.5, 0.6) is 0 Å². The van der Waals surface area contributed by atoms with E-state index in [0.29, 0.717) is 18.9 Å². The average Bonchev–Trinajstić information content (AvgIpc) is 2.52. The SMILES string of the molecule is CCC(=O)N1CCC(CON)C1. The number of carbonyl (C=O) groups is 1. The fourth-order valence-corrected chi connectivity index (χ4v) is 1.55. The Hall–Kier alpha value is -0.610. The lowest BCUT2D eigenvalue weighted by Gasteiger charge is -2.14. The molecule has 1 atom stereocenters. The third kappa shape index (κ3) is 2.19. The molecule has 0 radical (unpaired) electrons. The van der Waals surface area contributed by atoms with E-state index in [1.54, 1.807) is 0 Å². The quantitative estimate of drug-likeness (QED) is 0.616. The van der Waals surface area contributed by atoms with Crippen molar-refractivity contribution >= 4 is 5.91 Å². The first-order chi connectivity index (χ1) is 5.77. The summed E-state index contributed by atoms with van der Waals surface area (Å²) >= 11 is 0. The largest absolute Gasteiger partial charge is 0.342 e. The van der Waals surface area contributed by atoms with Crippen LogP contribution in [0.1, 0.15) is 19.8 Å². The van der Waals surface area contributed by atoms with Gasteiger partial charge in [-0.25, -0.2) is 5.90 Å². The molecule has 1 aliphatic heterocycles. The lowest BCUT2D eigenvalue weighted by molar-refractivity contribution is -0.130. The Balaban J connectivity index is 2.30. The first-order valence-electron chi connectivity index (χ1n) is 4.37. The first-order valence-corrected chi connectivity index (χ1v) is 4.37. The van der Waals surface area contributed by atoms with Crippen LogP contribution in [-0.2, 0) is 9.63 Å². The lowest BCUT2D eigenvalue weighted by Crippen LogP contribution is -2.28. The second-order valence-electron chi connectivity index (χ2n) is 3.18. The summed E-state index contributed by atoms with van der Waals surface area (Å²) in [5.41, 5.74) is 0. The topological polar surface area (TPSA) is 55.6 Å². The van der Waals surface area contributed by atoms with Gasteiger partial charge in [0.25, 0.3) is 0 Å². The summed E-state index contributed by atoms with van der Waals surface area (Å²) in [6.45, 7) is 4.12. The lowest BCUT2D eigenvalue weighted by atomic mass is 10.1. The number of nitrogens with zero attached hydrogens (tertiary/aromatic N) is 1. The Kier molecular flexibility index (Phi) is 3.49. The number of nitrogens with two attached hydrogens (primary N) is 1. The Morgan fingerprint density at radius 3 is 3.08 bits per heavy atom. The molecule has 2 N–H and O–H groups in total. The van der Waals surface area contributed by atoms with Gasteiger partial charge in [0, 0.05) is 25.4 Å². The van der Waals surface area contributed by atoms with E-state index < -0.39 is 0 Å². The van der Waals surface area contributed by atoms with Crippen LogP contribution in [0.3, 0.4) is 0 Å². The third-order valence-electron chi connectivity index (χ3n) is 2.27. The van der Waals surface area contributed by atoms with Crippen LogP contribution in [0.2, 0.25) is 0 Å². The van der Waals surface area contributed by atoms with Crippen molar-refractivity contribution in [2.45, 2.75) is 19.8 Å². The first kappa shape index (κ1) is 9.48. The second-order valence-corrected chi connectivity index (χ2v) is 3.18. The average molecular weight is 172 g/mol. The number of likely N-dealkylation sites (tertiary alicyclic amines) is 1. The molecule has 1 aliphatic rings. The molecule has 0 aromatic rings. The molecular weight excluding hydrogens is 156 g/mol. The van der Waals surface area contributed by atoms with Crippen LogP contribution < -0.4 is 5.90 Å². The fourth-order valence-electron chi connectivity index (χ4n) is 1.55. The minimum atomic E-state index is 0.231. The zero-order valence-electron chi connectivity index (χ0n) is 7.45. The Morgan fingerprint density at radius 2 is 2.50 bits per heavy atom. The molecule has 1 amide bonds. The second kappa shape index (κ2) is 4.42. The van der Waals surface area contributed by atoms with Gasteiger partial charge < -0.3 is 9.74 Å².